The Bertz CT molecular complexity index is 674. The molecule has 1 aromatic carbocycles. The first-order valence-electron chi connectivity index (χ1n) is 6.73. The number of carbonyl (C=O) groups is 1. The highest BCUT2D eigenvalue weighted by molar-refractivity contribution is 5.87. The van der Waals surface area contributed by atoms with Crippen LogP contribution in [-0.2, 0) is 4.79 Å². The number of hydrogen-bond donors (Lipinski definition) is 2. The molecule has 0 aliphatic carbocycles. The van der Waals surface area contributed by atoms with Gasteiger partial charge in [-0.3, -0.25) is 4.79 Å². The maximum atomic E-state index is 10.9. The Morgan fingerprint density at radius 1 is 1.43 bits per heavy atom. The third-order valence-electron chi connectivity index (χ3n) is 3.60. The molecule has 2 aromatic rings. The predicted octanol–water partition coefficient (Wildman–Crippen LogP) is 1.44. The third kappa shape index (κ3) is 2.75. The molecule has 0 unspecified atom stereocenters. The zero-order valence-corrected chi connectivity index (χ0v) is 11.6. The number of ether oxygens (including phenoxy) is 2. The number of carboxylic acid groups (broad SMARTS) is 1. The number of nitrogens with zero attached hydrogens (tertiary/aromatic N) is 1. The van der Waals surface area contributed by atoms with Gasteiger partial charge in [0.15, 0.2) is 0 Å². The Morgan fingerprint density at radius 2 is 2.29 bits per heavy atom. The second-order valence-electron chi connectivity index (χ2n) is 4.98. The first-order valence-corrected chi connectivity index (χ1v) is 6.73. The van der Waals surface area contributed by atoms with E-state index in [-0.39, 0.29) is 6.10 Å². The zero-order chi connectivity index (χ0) is 14.8. The van der Waals surface area contributed by atoms with Crippen LogP contribution in [0.1, 0.15) is 6.42 Å². The molecule has 0 amide bonds. The monoisotopic (exact) mass is 288 g/mol. The van der Waals surface area contributed by atoms with E-state index in [0.717, 1.165) is 16.5 Å². The minimum absolute atomic E-state index is 0.189. The highest BCUT2D eigenvalue weighted by Gasteiger charge is 2.30. The van der Waals surface area contributed by atoms with Crippen molar-refractivity contribution in [1.82, 2.24) is 10.3 Å². The van der Waals surface area contributed by atoms with Crippen LogP contribution in [0, 0.1) is 0 Å². The molecule has 2 heterocycles. The van der Waals surface area contributed by atoms with Gasteiger partial charge in [-0.05, 0) is 29.7 Å². The number of pyridine rings is 1. The Labute approximate surface area is 121 Å². The van der Waals surface area contributed by atoms with E-state index in [9.17, 15) is 4.79 Å². The summed E-state index contributed by atoms with van der Waals surface area (Å²) in [6, 6.07) is 7.00. The summed E-state index contributed by atoms with van der Waals surface area (Å²) in [5.74, 6) is 0.442. The Kier molecular flexibility index (Phi) is 3.62. The molecule has 1 fully saturated rings. The number of fused-ring (bicyclic) bond motifs is 1. The summed E-state index contributed by atoms with van der Waals surface area (Å²) in [7, 11) is 1.62. The van der Waals surface area contributed by atoms with Gasteiger partial charge in [-0.15, -0.1) is 0 Å². The summed E-state index contributed by atoms with van der Waals surface area (Å²) in [6.45, 7) is 0.505. The van der Waals surface area contributed by atoms with E-state index in [1.807, 2.05) is 24.3 Å². The molecule has 3 rings (SSSR count). The largest absolute Gasteiger partial charge is 0.497 e. The smallest absolute Gasteiger partial charge is 0.320 e. The van der Waals surface area contributed by atoms with Gasteiger partial charge < -0.3 is 19.9 Å². The van der Waals surface area contributed by atoms with Crippen molar-refractivity contribution in [2.24, 2.45) is 0 Å². The van der Waals surface area contributed by atoms with Crippen LogP contribution in [0.5, 0.6) is 11.6 Å². The number of rotatable bonds is 4. The van der Waals surface area contributed by atoms with E-state index in [2.05, 4.69) is 10.3 Å². The molecule has 110 valence electrons. The molecule has 0 saturated carbocycles. The van der Waals surface area contributed by atoms with E-state index in [1.165, 1.54) is 0 Å². The first kappa shape index (κ1) is 13.6. The van der Waals surface area contributed by atoms with E-state index < -0.39 is 12.0 Å². The second kappa shape index (κ2) is 5.57. The lowest BCUT2D eigenvalue weighted by atomic mass is 10.1. The van der Waals surface area contributed by atoms with Gasteiger partial charge in [0.05, 0.1) is 7.11 Å². The SMILES string of the molecule is COc1ccc2c(O[C@H]3CN[C@H](C(=O)O)C3)nccc2c1. The van der Waals surface area contributed by atoms with Crippen molar-refractivity contribution in [2.45, 2.75) is 18.6 Å². The molecule has 0 radical (unpaired) electrons. The zero-order valence-electron chi connectivity index (χ0n) is 11.6. The van der Waals surface area contributed by atoms with E-state index in [4.69, 9.17) is 14.6 Å². The molecular weight excluding hydrogens is 272 g/mol. The average molecular weight is 288 g/mol. The van der Waals surface area contributed by atoms with Crippen molar-refractivity contribution in [1.29, 1.82) is 0 Å². The topological polar surface area (TPSA) is 80.7 Å². The number of aromatic nitrogens is 1. The van der Waals surface area contributed by atoms with Gasteiger partial charge in [-0.25, -0.2) is 4.98 Å². The van der Waals surface area contributed by atoms with Crippen LogP contribution < -0.4 is 14.8 Å². The molecule has 1 aromatic heterocycles. The molecule has 6 nitrogen and oxygen atoms in total. The fraction of sp³-hybridized carbons (Fsp3) is 0.333. The molecule has 1 aliphatic heterocycles. The van der Waals surface area contributed by atoms with Crippen molar-refractivity contribution in [3.8, 4) is 11.6 Å². The van der Waals surface area contributed by atoms with Crippen molar-refractivity contribution in [3.63, 3.8) is 0 Å². The van der Waals surface area contributed by atoms with Crippen LogP contribution in [0.15, 0.2) is 30.5 Å². The minimum Gasteiger partial charge on any atom is -0.497 e. The summed E-state index contributed by atoms with van der Waals surface area (Å²) in [6.07, 6.45) is 1.92. The van der Waals surface area contributed by atoms with Crippen LogP contribution in [0.2, 0.25) is 0 Å². The Morgan fingerprint density at radius 3 is 3.00 bits per heavy atom. The lowest BCUT2D eigenvalue weighted by molar-refractivity contribution is -0.139. The van der Waals surface area contributed by atoms with E-state index in [0.29, 0.717) is 18.8 Å². The number of carboxylic acids is 1. The fourth-order valence-corrected chi connectivity index (χ4v) is 2.49. The van der Waals surface area contributed by atoms with Crippen molar-refractivity contribution >= 4 is 16.7 Å². The van der Waals surface area contributed by atoms with Gasteiger partial charge in [-0.2, -0.15) is 0 Å². The average Bonchev–Trinajstić information content (AvgIpc) is 2.96. The maximum Gasteiger partial charge on any atom is 0.320 e. The molecule has 6 heteroatoms. The van der Waals surface area contributed by atoms with Crippen LogP contribution >= 0.6 is 0 Å². The van der Waals surface area contributed by atoms with Crippen LogP contribution in [0.4, 0.5) is 0 Å². The number of hydrogen-bond acceptors (Lipinski definition) is 5. The summed E-state index contributed by atoms with van der Waals surface area (Å²) >= 11 is 0. The summed E-state index contributed by atoms with van der Waals surface area (Å²) < 4.78 is 11.1. The Hall–Kier alpha value is -2.34. The van der Waals surface area contributed by atoms with Gasteiger partial charge >= 0.3 is 5.97 Å². The van der Waals surface area contributed by atoms with Gasteiger partial charge in [0.25, 0.3) is 0 Å². The standard InChI is InChI=1S/C15H16N2O4/c1-20-10-2-3-12-9(6-10)4-5-16-14(12)21-11-7-13(15(18)19)17-8-11/h2-6,11,13,17H,7-8H2,1H3,(H,18,19)/t11-,13+/m1/s1. The molecule has 2 atom stereocenters. The number of nitrogens with one attached hydrogen (secondary N) is 1. The third-order valence-corrected chi connectivity index (χ3v) is 3.60. The molecule has 2 N–H and O–H groups in total. The summed E-state index contributed by atoms with van der Waals surface area (Å²) in [5, 5.41) is 13.8. The fourth-order valence-electron chi connectivity index (χ4n) is 2.49. The lowest BCUT2D eigenvalue weighted by Crippen LogP contribution is -2.30. The van der Waals surface area contributed by atoms with E-state index in [1.54, 1.807) is 13.3 Å². The quantitative estimate of drug-likeness (QED) is 0.886. The van der Waals surface area contributed by atoms with Crippen LogP contribution in [0.3, 0.4) is 0 Å². The highest BCUT2D eigenvalue weighted by atomic mass is 16.5. The number of methoxy groups -OCH3 is 1. The summed E-state index contributed by atoms with van der Waals surface area (Å²) in [5.41, 5.74) is 0. The minimum atomic E-state index is -0.850. The molecule has 1 saturated heterocycles. The van der Waals surface area contributed by atoms with Gasteiger partial charge in [0.2, 0.25) is 5.88 Å². The van der Waals surface area contributed by atoms with Gasteiger partial charge in [-0.1, -0.05) is 0 Å². The molecule has 0 spiro atoms. The summed E-state index contributed by atoms with van der Waals surface area (Å²) in [4.78, 5) is 15.2. The van der Waals surface area contributed by atoms with Crippen molar-refractivity contribution < 1.29 is 19.4 Å². The predicted molar refractivity (Wildman–Crippen MR) is 76.8 cm³/mol. The molecule has 1 aliphatic rings. The van der Waals surface area contributed by atoms with Crippen molar-refractivity contribution in [2.75, 3.05) is 13.7 Å². The molecule has 0 bridgehead atoms. The van der Waals surface area contributed by atoms with Gasteiger partial charge in [0.1, 0.15) is 17.9 Å². The first-order chi connectivity index (χ1) is 10.2. The van der Waals surface area contributed by atoms with Crippen molar-refractivity contribution in [3.05, 3.63) is 30.5 Å². The van der Waals surface area contributed by atoms with E-state index >= 15 is 0 Å². The second-order valence-corrected chi connectivity index (χ2v) is 4.98. The maximum absolute atomic E-state index is 10.9. The molecule has 21 heavy (non-hydrogen) atoms. The highest BCUT2D eigenvalue weighted by Crippen LogP contribution is 2.28. The molecular formula is C15H16N2O4. The van der Waals surface area contributed by atoms with Crippen LogP contribution in [0.25, 0.3) is 10.8 Å². The number of benzene rings is 1. The number of aliphatic carboxylic acids is 1. The Balaban J connectivity index is 1.83. The van der Waals surface area contributed by atoms with Gasteiger partial charge in [0, 0.05) is 24.5 Å². The van der Waals surface area contributed by atoms with Crippen LogP contribution in [-0.4, -0.2) is 41.9 Å². The normalized spacial score (nSPS) is 21.4. The lowest BCUT2D eigenvalue weighted by Gasteiger charge is -2.13.